The smallest absolute Gasteiger partial charge is 0.266 e. The van der Waals surface area contributed by atoms with Crippen molar-refractivity contribution in [3.63, 3.8) is 0 Å². The summed E-state index contributed by atoms with van der Waals surface area (Å²) in [4.78, 5) is 15.3. The first-order valence-electron chi connectivity index (χ1n) is 9.90. The van der Waals surface area contributed by atoms with E-state index in [0.717, 1.165) is 27.1 Å². The van der Waals surface area contributed by atoms with E-state index in [-0.39, 0.29) is 5.91 Å². The molecule has 0 radical (unpaired) electrons. The molecule has 1 aromatic heterocycles. The summed E-state index contributed by atoms with van der Waals surface area (Å²) in [6, 6.07) is 14.8. The number of halogens is 1. The number of carbonyl (C=O) groups is 1. The molecule has 2 heterocycles. The Balaban J connectivity index is 1.78. The van der Waals surface area contributed by atoms with E-state index in [1.54, 1.807) is 4.90 Å². The van der Waals surface area contributed by atoms with Crippen LogP contribution in [0, 0.1) is 19.8 Å². The number of thiocarbonyl (C=S) groups is 1. The highest BCUT2D eigenvalue weighted by Crippen LogP contribution is 2.36. The fourth-order valence-corrected chi connectivity index (χ4v) is 5.65. The van der Waals surface area contributed by atoms with Gasteiger partial charge in [-0.05, 0) is 55.0 Å². The lowest BCUT2D eigenvalue weighted by atomic mass is 10.1. The van der Waals surface area contributed by atoms with Gasteiger partial charge in [-0.2, -0.15) is 0 Å². The largest absolute Gasteiger partial charge is 0.317 e. The van der Waals surface area contributed by atoms with Gasteiger partial charge in [0.15, 0.2) is 0 Å². The third kappa shape index (κ3) is 3.77. The topological polar surface area (TPSA) is 25.2 Å². The Kier molecular flexibility index (Phi) is 5.93. The van der Waals surface area contributed by atoms with E-state index in [2.05, 4.69) is 90.7 Å². The molecule has 4 rings (SSSR count). The second-order valence-electron chi connectivity index (χ2n) is 7.96. The Morgan fingerprint density at radius 2 is 1.83 bits per heavy atom. The van der Waals surface area contributed by atoms with E-state index in [0.29, 0.717) is 21.7 Å². The summed E-state index contributed by atoms with van der Waals surface area (Å²) >= 11 is 10.5. The minimum atomic E-state index is 0.0117. The van der Waals surface area contributed by atoms with Crippen molar-refractivity contribution in [2.75, 3.05) is 6.54 Å². The zero-order valence-electron chi connectivity index (χ0n) is 17.4. The van der Waals surface area contributed by atoms with Gasteiger partial charge in [-0.25, -0.2) is 0 Å². The second kappa shape index (κ2) is 8.33. The van der Waals surface area contributed by atoms with Gasteiger partial charge in [0.1, 0.15) is 4.32 Å². The second-order valence-corrected chi connectivity index (χ2v) is 10.5. The van der Waals surface area contributed by atoms with Gasteiger partial charge in [-0.3, -0.25) is 9.69 Å². The van der Waals surface area contributed by atoms with Crippen molar-refractivity contribution in [2.45, 2.75) is 27.7 Å². The monoisotopic (exact) mass is 498 g/mol. The zero-order chi connectivity index (χ0) is 21.6. The van der Waals surface area contributed by atoms with Crippen molar-refractivity contribution < 1.29 is 4.79 Å². The molecule has 0 bridgehead atoms. The Morgan fingerprint density at radius 3 is 2.53 bits per heavy atom. The SMILES string of the molecule is Cc1cc(/C=C2\SC(=S)N(CC(C)C)C2=O)c(C)n1-c1ccc(Br)c2ccccc12. The minimum absolute atomic E-state index is 0.0117. The predicted molar refractivity (Wildman–Crippen MR) is 135 cm³/mol. The first kappa shape index (κ1) is 21.3. The summed E-state index contributed by atoms with van der Waals surface area (Å²) in [5, 5.41) is 2.36. The Hall–Kier alpha value is -1.89. The molecule has 6 heteroatoms. The molecule has 30 heavy (non-hydrogen) atoms. The van der Waals surface area contributed by atoms with E-state index >= 15 is 0 Å². The fraction of sp³-hybridized carbons (Fsp3) is 0.250. The van der Waals surface area contributed by atoms with Crippen molar-refractivity contribution in [3.8, 4) is 5.69 Å². The number of aromatic nitrogens is 1. The third-order valence-electron chi connectivity index (χ3n) is 5.27. The number of fused-ring (bicyclic) bond motifs is 1. The van der Waals surface area contributed by atoms with Crippen molar-refractivity contribution in [3.05, 3.63) is 68.8 Å². The Morgan fingerprint density at radius 1 is 1.13 bits per heavy atom. The first-order chi connectivity index (χ1) is 14.3. The lowest BCUT2D eigenvalue weighted by Gasteiger charge is -2.16. The molecule has 0 N–H and O–H groups in total. The van der Waals surface area contributed by atoms with Crippen LogP contribution in [0.1, 0.15) is 30.8 Å². The molecule has 1 fully saturated rings. The highest BCUT2D eigenvalue weighted by atomic mass is 79.9. The lowest BCUT2D eigenvalue weighted by molar-refractivity contribution is -0.122. The number of amides is 1. The molecule has 0 spiro atoms. The van der Waals surface area contributed by atoms with Gasteiger partial charge in [0.2, 0.25) is 0 Å². The summed E-state index contributed by atoms with van der Waals surface area (Å²) in [5.74, 6) is 0.389. The van der Waals surface area contributed by atoms with Crippen molar-refractivity contribution in [1.29, 1.82) is 0 Å². The van der Waals surface area contributed by atoms with E-state index in [1.165, 1.54) is 22.5 Å². The van der Waals surface area contributed by atoms with Gasteiger partial charge >= 0.3 is 0 Å². The number of hydrogen-bond acceptors (Lipinski definition) is 3. The first-order valence-corrected chi connectivity index (χ1v) is 11.9. The van der Waals surface area contributed by atoms with E-state index < -0.39 is 0 Å². The molecule has 3 aromatic rings. The van der Waals surface area contributed by atoms with Crippen LogP contribution in [-0.2, 0) is 4.79 Å². The highest BCUT2D eigenvalue weighted by molar-refractivity contribution is 9.10. The number of nitrogens with zero attached hydrogens (tertiary/aromatic N) is 2. The molecule has 1 aliphatic heterocycles. The maximum Gasteiger partial charge on any atom is 0.266 e. The molecule has 154 valence electrons. The Labute approximate surface area is 195 Å². The maximum atomic E-state index is 12.9. The molecule has 1 saturated heterocycles. The van der Waals surface area contributed by atoms with Crippen LogP contribution in [0.25, 0.3) is 22.5 Å². The molecule has 3 nitrogen and oxygen atoms in total. The van der Waals surface area contributed by atoms with Crippen LogP contribution >= 0.6 is 39.9 Å². The number of hydrogen-bond donors (Lipinski definition) is 0. The van der Waals surface area contributed by atoms with Gasteiger partial charge in [-0.1, -0.05) is 78.0 Å². The molecule has 0 saturated carbocycles. The van der Waals surface area contributed by atoms with Crippen LogP contribution in [-0.4, -0.2) is 26.2 Å². The molecular weight excluding hydrogens is 476 g/mol. The molecule has 0 atom stereocenters. The molecular formula is C24H23BrN2OS2. The molecule has 1 aliphatic rings. The van der Waals surface area contributed by atoms with Crippen molar-refractivity contribution in [1.82, 2.24) is 9.47 Å². The number of benzene rings is 2. The molecule has 0 aliphatic carbocycles. The number of aryl methyl sites for hydroxylation is 1. The van der Waals surface area contributed by atoms with Crippen LogP contribution in [0.3, 0.4) is 0 Å². The van der Waals surface area contributed by atoms with Crippen LogP contribution in [0.5, 0.6) is 0 Å². The third-order valence-corrected chi connectivity index (χ3v) is 7.34. The van der Waals surface area contributed by atoms with Gasteiger partial charge in [0.25, 0.3) is 5.91 Å². The quantitative estimate of drug-likeness (QED) is 0.290. The fourth-order valence-electron chi connectivity index (χ4n) is 3.91. The standard InChI is InChI=1S/C24H23BrN2OS2/c1-14(2)13-26-23(28)22(30-24(26)29)12-17-11-15(3)27(16(17)4)21-10-9-20(25)18-7-5-6-8-19(18)21/h5-12,14H,13H2,1-4H3/b22-12-. The normalized spacial score (nSPS) is 15.9. The van der Waals surface area contributed by atoms with E-state index in [1.807, 2.05) is 6.08 Å². The highest BCUT2D eigenvalue weighted by Gasteiger charge is 2.32. The minimum Gasteiger partial charge on any atom is -0.317 e. The van der Waals surface area contributed by atoms with E-state index in [9.17, 15) is 4.79 Å². The molecule has 1 amide bonds. The molecule has 0 unspecified atom stereocenters. The number of thioether (sulfide) groups is 1. The summed E-state index contributed by atoms with van der Waals surface area (Å²) in [6.45, 7) is 9.05. The summed E-state index contributed by atoms with van der Waals surface area (Å²) in [5.41, 5.74) is 4.42. The van der Waals surface area contributed by atoms with Crippen LogP contribution in [0.4, 0.5) is 0 Å². The summed E-state index contributed by atoms with van der Waals surface area (Å²) in [6.07, 6.45) is 1.99. The van der Waals surface area contributed by atoms with Crippen LogP contribution in [0.2, 0.25) is 0 Å². The van der Waals surface area contributed by atoms with Gasteiger partial charge in [0.05, 0.1) is 10.6 Å². The zero-order valence-corrected chi connectivity index (χ0v) is 20.6. The van der Waals surface area contributed by atoms with Crippen LogP contribution < -0.4 is 0 Å². The predicted octanol–water partition coefficient (Wildman–Crippen LogP) is 6.87. The van der Waals surface area contributed by atoms with E-state index in [4.69, 9.17) is 12.2 Å². The summed E-state index contributed by atoms with van der Waals surface area (Å²) < 4.78 is 3.99. The maximum absolute atomic E-state index is 12.9. The average molecular weight is 499 g/mol. The molecule has 2 aromatic carbocycles. The van der Waals surface area contributed by atoms with Crippen LogP contribution in [0.15, 0.2) is 51.8 Å². The lowest BCUT2D eigenvalue weighted by Crippen LogP contribution is -2.31. The van der Waals surface area contributed by atoms with Gasteiger partial charge in [-0.15, -0.1) is 0 Å². The van der Waals surface area contributed by atoms with Gasteiger partial charge < -0.3 is 4.57 Å². The number of carbonyl (C=O) groups excluding carboxylic acids is 1. The average Bonchev–Trinajstić information content (AvgIpc) is 3.12. The van der Waals surface area contributed by atoms with Crippen molar-refractivity contribution >= 4 is 67.0 Å². The van der Waals surface area contributed by atoms with Crippen molar-refractivity contribution in [2.24, 2.45) is 5.92 Å². The number of rotatable bonds is 4. The Bertz CT molecular complexity index is 1210. The van der Waals surface area contributed by atoms with Gasteiger partial charge in [0, 0.05) is 27.8 Å². The summed E-state index contributed by atoms with van der Waals surface area (Å²) in [7, 11) is 0.